The second-order valence-corrected chi connectivity index (χ2v) is 8.82. The van der Waals surface area contributed by atoms with Crippen molar-refractivity contribution in [2.24, 2.45) is 5.92 Å². The van der Waals surface area contributed by atoms with Gasteiger partial charge in [-0.05, 0) is 42.2 Å². The van der Waals surface area contributed by atoms with Crippen molar-refractivity contribution in [3.8, 4) is 11.3 Å². The maximum atomic E-state index is 13.5. The van der Waals surface area contributed by atoms with E-state index in [0.29, 0.717) is 16.8 Å². The number of aryl methyl sites for hydroxylation is 1. The molecule has 1 atom stereocenters. The van der Waals surface area contributed by atoms with Crippen LogP contribution in [0.15, 0.2) is 24.3 Å². The normalized spacial score (nSPS) is 21.7. The van der Waals surface area contributed by atoms with Gasteiger partial charge in [0.1, 0.15) is 0 Å². The number of nitrogens with zero attached hydrogens (tertiary/aromatic N) is 2. The van der Waals surface area contributed by atoms with Crippen LogP contribution in [0.25, 0.3) is 11.3 Å². The van der Waals surface area contributed by atoms with Crippen molar-refractivity contribution >= 4 is 21.7 Å². The van der Waals surface area contributed by atoms with E-state index < -0.39 is 22.0 Å². The largest absolute Gasteiger partial charge is 0.392 e. The van der Waals surface area contributed by atoms with Crippen molar-refractivity contribution in [1.82, 2.24) is 4.98 Å². The molecule has 0 saturated heterocycles. The third-order valence-electron chi connectivity index (χ3n) is 5.15. The molecule has 27 heavy (non-hydrogen) atoms. The summed E-state index contributed by atoms with van der Waals surface area (Å²) in [4.78, 5) is 4.48. The third kappa shape index (κ3) is 3.04. The van der Waals surface area contributed by atoms with Gasteiger partial charge in [0.15, 0.2) is 5.82 Å². The van der Waals surface area contributed by atoms with Crippen LogP contribution in [0.1, 0.15) is 23.1 Å². The standard InChI is InChI=1S/C18H19F2N3O3S/c1-10-3-4-11(9-24)5-14(10)15-7-12(6-13-8-18(13,19)20)16-17(21-15)23(2)27(25,26)22-16/h3-5,7,13,22,24H,6,8-9H2,1-2H3. The van der Waals surface area contributed by atoms with E-state index in [1.807, 2.05) is 13.0 Å². The molecule has 0 radical (unpaired) electrons. The highest BCUT2D eigenvalue weighted by atomic mass is 32.2. The van der Waals surface area contributed by atoms with E-state index in [-0.39, 0.29) is 31.0 Å². The average molecular weight is 395 g/mol. The predicted octanol–water partition coefficient (Wildman–Crippen LogP) is 2.85. The Morgan fingerprint density at radius 2 is 2.07 bits per heavy atom. The Morgan fingerprint density at radius 3 is 2.70 bits per heavy atom. The molecule has 6 nitrogen and oxygen atoms in total. The molecule has 1 fully saturated rings. The zero-order chi connectivity index (χ0) is 19.6. The number of pyridine rings is 1. The highest BCUT2D eigenvalue weighted by Gasteiger charge is 2.56. The number of anilines is 2. The smallest absolute Gasteiger partial charge is 0.325 e. The molecule has 1 aliphatic carbocycles. The minimum atomic E-state index is -3.78. The number of benzene rings is 1. The zero-order valence-electron chi connectivity index (χ0n) is 14.8. The number of fused-ring (bicyclic) bond motifs is 1. The summed E-state index contributed by atoms with van der Waals surface area (Å²) in [5.74, 6) is -3.30. The van der Waals surface area contributed by atoms with Crippen LogP contribution in [0, 0.1) is 12.8 Å². The summed E-state index contributed by atoms with van der Waals surface area (Å²) in [6, 6.07) is 7.06. The molecule has 1 saturated carbocycles. The summed E-state index contributed by atoms with van der Waals surface area (Å²) in [5.41, 5.74) is 3.56. The van der Waals surface area contributed by atoms with Gasteiger partial charge in [0.05, 0.1) is 18.0 Å². The zero-order valence-corrected chi connectivity index (χ0v) is 15.6. The van der Waals surface area contributed by atoms with Crippen molar-refractivity contribution in [1.29, 1.82) is 0 Å². The number of hydrogen-bond acceptors (Lipinski definition) is 4. The van der Waals surface area contributed by atoms with E-state index in [0.717, 1.165) is 15.4 Å². The topological polar surface area (TPSA) is 82.5 Å². The Hall–Kier alpha value is -2.26. The van der Waals surface area contributed by atoms with Crippen LogP contribution < -0.4 is 9.03 Å². The Labute approximate surface area is 156 Å². The molecular weight excluding hydrogens is 376 g/mol. The van der Waals surface area contributed by atoms with E-state index in [9.17, 15) is 22.3 Å². The number of rotatable bonds is 4. The highest BCUT2D eigenvalue weighted by molar-refractivity contribution is 7.94. The van der Waals surface area contributed by atoms with E-state index in [4.69, 9.17) is 0 Å². The SMILES string of the molecule is Cc1ccc(CO)cc1-c1cc(CC2CC2(F)F)c2c(n1)N(C)S(=O)(=O)N2. The quantitative estimate of drug-likeness (QED) is 0.834. The molecule has 1 aromatic carbocycles. The predicted molar refractivity (Wildman–Crippen MR) is 98.0 cm³/mol. The summed E-state index contributed by atoms with van der Waals surface area (Å²) >= 11 is 0. The fourth-order valence-electron chi connectivity index (χ4n) is 3.33. The lowest BCUT2D eigenvalue weighted by Crippen LogP contribution is -2.25. The number of aromatic nitrogens is 1. The number of nitrogens with one attached hydrogen (secondary N) is 1. The lowest BCUT2D eigenvalue weighted by Gasteiger charge is -2.14. The Balaban J connectivity index is 1.86. The van der Waals surface area contributed by atoms with Gasteiger partial charge in [0.2, 0.25) is 0 Å². The van der Waals surface area contributed by atoms with E-state index in [2.05, 4.69) is 9.71 Å². The summed E-state index contributed by atoms with van der Waals surface area (Å²) in [5, 5.41) is 9.40. The van der Waals surface area contributed by atoms with Gasteiger partial charge in [-0.15, -0.1) is 0 Å². The highest BCUT2D eigenvalue weighted by Crippen LogP contribution is 2.52. The molecule has 0 bridgehead atoms. The molecule has 4 rings (SSSR count). The van der Waals surface area contributed by atoms with Gasteiger partial charge in [0, 0.05) is 24.9 Å². The first-order valence-corrected chi connectivity index (χ1v) is 9.95. The summed E-state index contributed by atoms with van der Waals surface area (Å²) in [6.45, 7) is 1.73. The molecule has 9 heteroatoms. The van der Waals surface area contributed by atoms with Crippen LogP contribution in [0.4, 0.5) is 20.3 Å². The number of hydrogen-bond donors (Lipinski definition) is 2. The monoisotopic (exact) mass is 395 g/mol. The molecule has 1 aliphatic heterocycles. The molecule has 2 aliphatic rings. The molecule has 2 aromatic rings. The Kier molecular flexibility index (Phi) is 3.94. The second-order valence-electron chi connectivity index (χ2n) is 7.11. The Bertz CT molecular complexity index is 1040. The van der Waals surface area contributed by atoms with E-state index in [1.54, 1.807) is 18.2 Å². The van der Waals surface area contributed by atoms with Gasteiger partial charge in [-0.2, -0.15) is 8.42 Å². The van der Waals surface area contributed by atoms with Gasteiger partial charge in [0.25, 0.3) is 5.92 Å². The first-order valence-electron chi connectivity index (χ1n) is 8.51. The Morgan fingerprint density at radius 1 is 1.37 bits per heavy atom. The maximum absolute atomic E-state index is 13.5. The molecule has 0 spiro atoms. The van der Waals surface area contributed by atoms with Gasteiger partial charge < -0.3 is 5.11 Å². The van der Waals surface area contributed by atoms with Crippen molar-refractivity contribution < 1.29 is 22.3 Å². The van der Waals surface area contributed by atoms with Crippen molar-refractivity contribution in [3.63, 3.8) is 0 Å². The number of aliphatic hydroxyl groups is 1. The van der Waals surface area contributed by atoms with Crippen molar-refractivity contribution in [2.75, 3.05) is 16.1 Å². The maximum Gasteiger partial charge on any atom is 0.325 e. The molecule has 2 heterocycles. The van der Waals surface area contributed by atoms with Crippen LogP contribution in [-0.2, 0) is 23.2 Å². The van der Waals surface area contributed by atoms with Crippen molar-refractivity contribution in [3.05, 3.63) is 41.0 Å². The molecular formula is C18H19F2N3O3S. The van der Waals surface area contributed by atoms with Crippen molar-refractivity contribution in [2.45, 2.75) is 32.3 Å². The van der Waals surface area contributed by atoms with E-state index >= 15 is 0 Å². The van der Waals surface area contributed by atoms with Gasteiger partial charge in [-0.25, -0.2) is 18.1 Å². The van der Waals surface area contributed by atoms with Gasteiger partial charge >= 0.3 is 10.2 Å². The minimum Gasteiger partial charge on any atom is -0.392 e. The average Bonchev–Trinajstić information content (AvgIpc) is 3.13. The van der Waals surface area contributed by atoms with Crippen LogP contribution in [0.5, 0.6) is 0 Å². The third-order valence-corrected chi connectivity index (χ3v) is 6.51. The molecule has 1 unspecified atom stereocenters. The number of aliphatic hydroxyl groups excluding tert-OH is 1. The summed E-state index contributed by atoms with van der Waals surface area (Å²) in [7, 11) is -2.41. The first-order chi connectivity index (χ1) is 12.6. The fraction of sp³-hybridized carbons (Fsp3) is 0.389. The second kappa shape index (κ2) is 5.87. The number of halogens is 2. The van der Waals surface area contributed by atoms with E-state index in [1.165, 1.54) is 7.05 Å². The summed E-state index contributed by atoms with van der Waals surface area (Å²) in [6.07, 6.45) is -0.124. The molecule has 144 valence electrons. The molecule has 0 amide bonds. The summed E-state index contributed by atoms with van der Waals surface area (Å²) < 4.78 is 54.8. The number of alkyl halides is 2. The first kappa shape index (κ1) is 18.1. The van der Waals surface area contributed by atoms with Crippen LogP contribution in [-0.4, -0.2) is 31.5 Å². The van der Waals surface area contributed by atoms with Crippen LogP contribution >= 0.6 is 0 Å². The lowest BCUT2D eigenvalue weighted by atomic mass is 9.98. The lowest BCUT2D eigenvalue weighted by molar-refractivity contribution is 0.0989. The molecule has 2 N–H and O–H groups in total. The van der Waals surface area contributed by atoms with Gasteiger partial charge in [-0.1, -0.05) is 12.1 Å². The van der Waals surface area contributed by atoms with Crippen LogP contribution in [0.3, 0.4) is 0 Å². The van der Waals surface area contributed by atoms with Gasteiger partial charge in [-0.3, -0.25) is 4.72 Å². The fourth-order valence-corrected chi connectivity index (χ4v) is 4.31. The minimum absolute atomic E-state index is 0.0694. The molecule has 1 aromatic heterocycles. The van der Waals surface area contributed by atoms with Crippen LogP contribution in [0.2, 0.25) is 0 Å².